The summed E-state index contributed by atoms with van der Waals surface area (Å²) in [5.41, 5.74) is -0.0722. The van der Waals surface area contributed by atoms with Crippen molar-refractivity contribution in [2.75, 3.05) is 13.1 Å². The molecular weight excluding hydrogens is 172 g/mol. The highest BCUT2D eigenvalue weighted by atomic mass is 15.2. The van der Waals surface area contributed by atoms with Crippen LogP contribution in [0.15, 0.2) is 0 Å². The molecule has 2 heteroatoms. The van der Waals surface area contributed by atoms with E-state index in [0.29, 0.717) is 0 Å². The lowest BCUT2D eigenvalue weighted by Crippen LogP contribution is -2.44. The average Bonchev–Trinajstić information content (AvgIpc) is 2.87. The van der Waals surface area contributed by atoms with E-state index in [1.54, 1.807) is 0 Å². The average molecular weight is 192 g/mol. The highest BCUT2D eigenvalue weighted by Gasteiger charge is 2.44. The van der Waals surface area contributed by atoms with Crippen LogP contribution in [0.2, 0.25) is 0 Å². The van der Waals surface area contributed by atoms with Crippen LogP contribution in [0.1, 0.15) is 45.4 Å². The number of hydrogen-bond donors (Lipinski definition) is 0. The van der Waals surface area contributed by atoms with Gasteiger partial charge in [-0.15, -0.1) is 0 Å². The fourth-order valence-electron chi connectivity index (χ4n) is 3.08. The topological polar surface area (TPSA) is 27.0 Å². The molecule has 0 aromatic rings. The normalized spacial score (nSPS) is 38.7. The monoisotopic (exact) mass is 192 g/mol. The molecule has 1 saturated carbocycles. The summed E-state index contributed by atoms with van der Waals surface area (Å²) >= 11 is 0. The van der Waals surface area contributed by atoms with Crippen LogP contribution < -0.4 is 0 Å². The molecule has 0 bridgehead atoms. The van der Waals surface area contributed by atoms with Gasteiger partial charge < -0.3 is 0 Å². The molecule has 0 aromatic heterocycles. The number of nitriles is 1. The van der Waals surface area contributed by atoms with Crippen LogP contribution in [0.25, 0.3) is 0 Å². The maximum absolute atomic E-state index is 9.40. The Morgan fingerprint density at radius 3 is 2.64 bits per heavy atom. The first-order valence-electron chi connectivity index (χ1n) is 5.97. The summed E-state index contributed by atoms with van der Waals surface area (Å²) in [6.45, 7) is 4.57. The molecule has 0 amide bonds. The molecule has 14 heavy (non-hydrogen) atoms. The molecule has 1 saturated heterocycles. The Morgan fingerprint density at radius 2 is 2.14 bits per heavy atom. The van der Waals surface area contributed by atoms with Crippen LogP contribution in [-0.4, -0.2) is 23.5 Å². The number of likely N-dealkylation sites (tertiary alicyclic amines) is 1. The standard InChI is InChI=1S/C12H20N2/c1-2-11-5-6-12(9-11,10-13)14-7-3-4-8-14/h11H,2-9H2,1H3. The van der Waals surface area contributed by atoms with E-state index in [-0.39, 0.29) is 5.54 Å². The molecule has 0 aromatic carbocycles. The van der Waals surface area contributed by atoms with Crippen LogP contribution in [0, 0.1) is 17.2 Å². The van der Waals surface area contributed by atoms with Crippen molar-refractivity contribution in [3.8, 4) is 6.07 Å². The van der Waals surface area contributed by atoms with E-state index < -0.39 is 0 Å². The van der Waals surface area contributed by atoms with Crippen molar-refractivity contribution in [2.45, 2.75) is 51.0 Å². The summed E-state index contributed by atoms with van der Waals surface area (Å²) in [5, 5.41) is 9.40. The first-order chi connectivity index (χ1) is 6.80. The maximum atomic E-state index is 9.40. The Bertz CT molecular complexity index is 237. The summed E-state index contributed by atoms with van der Waals surface area (Å²) in [5.74, 6) is 0.801. The lowest BCUT2D eigenvalue weighted by atomic mass is 9.95. The molecule has 2 rings (SSSR count). The van der Waals surface area contributed by atoms with Gasteiger partial charge in [0, 0.05) is 0 Å². The van der Waals surface area contributed by atoms with Crippen molar-refractivity contribution in [1.82, 2.24) is 4.90 Å². The fourth-order valence-corrected chi connectivity index (χ4v) is 3.08. The van der Waals surface area contributed by atoms with E-state index in [2.05, 4.69) is 17.9 Å². The molecule has 1 aliphatic carbocycles. The van der Waals surface area contributed by atoms with E-state index in [0.717, 1.165) is 31.8 Å². The van der Waals surface area contributed by atoms with Gasteiger partial charge in [-0.1, -0.05) is 13.3 Å². The Hall–Kier alpha value is -0.550. The number of rotatable bonds is 2. The van der Waals surface area contributed by atoms with E-state index >= 15 is 0 Å². The molecule has 2 unspecified atom stereocenters. The smallest absolute Gasteiger partial charge is 0.109 e. The van der Waals surface area contributed by atoms with Gasteiger partial charge in [0.15, 0.2) is 0 Å². The zero-order chi connectivity index (χ0) is 10.0. The van der Waals surface area contributed by atoms with Gasteiger partial charge in [0.05, 0.1) is 6.07 Å². The van der Waals surface area contributed by atoms with Gasteiger partial charge in [-0.25, -0.2) is 0 Å². The highest BCUT2D eigenvalue weighted by molar-refractivity contribution is 5.13. The molecule has 2 aliphatic rings. The minimum absolute atomic E-state index is 0.0722. The predicted octanol–water partition coefficient (Wildman–Crippen LogP) is 2.55. The second-order valence-corrected chi connectivity index (χ2v) is 4.85. The van der Waals surface area contributed by atoms with E-state index in [4.69, 9.17) is 0 Å². The van der Waals surface area contributed by atoms with Gasteiger partial charge in [0.25, 0.3) is 0 Å². The molecule has 2 atom stereocenters. The van der Waals surface area contributed by atoms with Gasteiger partial charge in [-0.05, 0) is 51.1 Å². The second kappa shape index (κ2) is 3.90. The van der Waals surface area contributed by atoms with E-state index in [1.165, 1.54) is 25.7 Å². The third kappa shape index (κ3) is 1.54. The molecule has 0 radical (unpaired) electrons. The predicted molar refractivity (Wildman–Crippen MR) is 56.8 cm³/mol. The third-order valence-corrected chi connectivity index (χ3v) is 4.09. The van der Waals surface area contributed by atoms with Crippen LogP contribution in [0.5, 0.6) is 0 Å². The van der Waals surface area contributed by atoms with E-state index in [9.17, 15) is 5.26 Å². The van der Waals surface area contributed by atoms with Crippen LogP contribution >= 0.6 is 0 Å². The zero-order valence-corrected chi connectivity index (χ0v) is 9.13. The Morgan fingerprint density at radius 1 is 1.43 bits per heavy atom. The number of nitrogens with zero attached hydrogens (tertiary/aromatic N) is 2. The molecule has 2 fully saturated rings. The largest absolute Gasteiger partial charge is 0.286 e. The van der Waals surface area contributed by atoms with E-state index in [1.807, 2.05) is 0 Å². The molecule has 0 N–H and O–H groups in total. The SMILES string of the molecule is CCC1CCC(C#N)(N2CCCC2)C1. The fraction of sp³-hybridized carbons (Fsp3) is 0.917. The molecule has 1 heterocycles. The van der Waals surface area contributed by atoms with Gasteiger partial charge in [0.2, 0.25) is 0 Å². The first kappa shape index (κ1) is 9.98. The van der Waals surface area contributed by atoms with Crippen molar-refractivity contribution in [3.05, 3.63) is 0 Å². The van der Waals surface area contributed by atoms with Gasteiger partial charge >= 0.3 is 0 Å². The van der Waals surface area contributed by atoms with Crippen molar-refractivity contribution in [1.29, 1.82) is 5.26 Å². The van der Waals surface area contributed by atoms with Gasteiger partial charge in [0.1, 0.15) is 5.54 Å². The Kier molecular flexibility index (Phi) is 2.78. The van der Waals surface area contributed by atoms with Crippen LogP contribution in [0.3, 0.4) is 0 Å². The first-order valence-corrected chi connectivity index (χ1v) is 5.97. The summed E-state index contributed by atoms with van der Waals surface area (Å²) in [4.78, 5) is 2.45. The molecule has 2 nitrogen and oxygen atoms in total. The number of hydrogen-bond acceptors (Lipinski definition) is 2. The maximum Gasteiger partial charge on any atom is 0.109 e. The molecule has 78 valence electrons. The van der Waals surface area contributed by atoms with Crippen molar-refractivity contribution >= 4 is 0 Å². The van der Waals surface area contributed by atoms with Crippen molar-refractivity contribution < 1.29 is 0 Å². The summed E-state index contributed by atoms with van der Waals surface area (Å²) < 4.78 is 0. The molecular formula is C12H20N2. The summed E-state index contributed by atoms with van der Waals surface area (Å²) in [7, 11) is 0. The summed E-state index contributed by atoms with van der Waals surface area (Å²) in [6, 6.07) is 2.61. The minimum Gasteiger partial charge on any atom is -0.286 e. The second-order valence-electron chi connectivity index (χ2n) is 4.85. The Labute approximate surface area is 86.9 Å². The lowest BCUT2D eigenvalue weighted by molar-refractivity contribution is 0.173. The van der Waals surface area contributed by atoms with Gasteiger partial charge in [-0.2, -0.15) is 5.26 Å². The lowest BCUT2D eigenvalue weighted by Gasteiger charge is -2.32. The summed E-state index contributed by atoms with van der Waals surface area (Å²) in [6.07, 6.45) is 7.33. The molecule has 0 spiro atoms. The van der Waals surface area contributed by atoms with Crippen LogP contribution in [0.4, 0.5) is 0 Å². The van der Waals surface area contributed by atoms with Crippen molar-refractivity contribution in [2.24, 2.45) is 5.92 Å². The van der Waals surface area contributed by atoms with Crippen LogP contribution in [-0.2, 0) is 0 Å². The third-order valence-electron chi connectivity index (χ3n) is 4.09. The quantitative estimate of drug-likeness (QED) is 0.672. The van der Waals surface area contributed by atoms with Crippen molar-refractivity contribution in [3.63, 3.8) is 0 Å². The highest BCUT2D eigenvalue weighted by Crippen LogP contribution is 2.41. The zero-order valence-electron chi connectivity index (χ0n) is 9.13. The molecule has 1 aliphatic heterocycles. The minimum atomic E-state index is -0.0722. The van der Waals surface area contributed by atoms with Gasteiger partial charge in [-0.3, -0.25) is 4.90 Å². The Balaban J connectivity index is 2.07.